The maximum atomic E-state index is 7.68. The van der Waals surface area contributed by atoms with Crippen molar-refractivity contribution < 1.29 is 9.53 Å². The first-order valence-electron chi connectivity index (χ1n) is 1.53. The second-order valence-electron chi connectivity index (χ2n) is 0.691. The molecule has 0 aromatic carbocycles. The molecule has 0 bridgehead atoms. The second kappa shape index (κ2) is 4.21. The Kier molecular flexibility index (Phi) is 3.66. The van der Waals surface area contributed by atoms with Crippen molar-refractivity contribution >= 4 is 6.47 Å². The summed E-state index contributed by atoms with van der Waals surface area (Å²) in [5, 5.41) is 7.68. The van der Waals surface area contributed by atoms with Gasteiger partial charge in [-0.3, -0.25) is 0 Å². The van der Waals surface area contributed by atoms with Gasteiger partial charge >= 0.3 is 0 Å². The average Bonchev–Trinajstić information content (AvgIpc) is 1.61. The van der Waals surface area contributed by atoms with E-state index in [1.54, 1.807) is 0 Å². The fourth-order valence-corrected chi connectivity index (χ4v) is 0.0962. The molecule has 0 spiro atoms. The highest BCUT2D eigenvalue weighted by molar-refractivity contribution is 5.35. The predicted octanol–water partition coefficient (Wildman–Crippen LogP) is 0.333. The fourth-order valence-electron chi connectivity index (χ4n) is 0.0962. The molecule has 0 amide bonds. The molecule has 0 aliphatic heterocycles. The fraction of sp³-hybridized carbons (Fsp3) is 0.250. The highest BCUT2D eigenvalue weighted by Gasteiger charge is 1.58. The summed E-state index contributed by atoms with van der Waals surface area (Å²) in [4.78, 5) is 0. The monoisotopic (exact) mass is 86.0 g/mol. The van der Waals surface area contributed by atoms with Crippen molar-refractivity contribution in [2.45, 2.75) is 0 Å². The molecular formula is C4H6O2. The van der Waals surface area contributed by atoms with Gasteiger partial charge in [0.15, 0.2) is 13.1 Å². The number of hydrogen-bond acceptors (Lipinski definition) is 0. The molecule has 1 N–H and O–H groups in total. The number of aliphatic hydroxyl groups excluding tert-OH is 1. The van der Waals surface area contributed by atoms with Crippen molar-refractivity contribution in [3.8, 4) is 0 Å². The molecule has 0 atom stereocenters. The number of hydrogen-bond donors (Lipinski definition) is 1. The van der Waals surface area contributed by atoms with Gasteiger partial charge in [-0.2, -0.15) is 0 Å². The quantitative estimate of drug-likeness (QED) is 0.293. The van der Waals surface area contributed by atoms with Gasteiger partial charge in [0.1, 0.15) is 0 Å². The van der Waals surface area contributed by atoms with Crippen LogP contribution in [0.2, 0.25) is 0 Å². The van der Waals surface area contributed by atoms with Crippen molar-refractivity contribution in [3.63, 3.8) is 0 Å². The van der Waals surface area contributed by atoms with Gasteiger partial charge in [-0.1, -0.05) is 6.58 Å². The SMILES string of the molecule is C=CC[O+]=[C-]O. The van der Waals surface area contributed by atoms with E-state index in [0.29, 0.717) is 6.61 Å². The van der Waals surface area contributed by atoms with Crippen LogP contribution in [0.25, 0.3) is 0 Å². The second-order valence-corrected chi connectivity index (χ2v) is 0.691. The molecule has 34 valence electrons. The molecule has 2 nitrogen and oxygen atoms in total. The Bertz CT molecular complexity index is 56.6. The standard InChI is InChI=1S/C4H6O2/c1-2-3-6-4-5/h2,5H,1,3H2. The minimum atomic E-state index is 0.316. The summed E-state index contributed by atoms with van der Waals surface area (Å²) < 4.78 is 4.17. The van der Waals surface area contributed by atoms with Crippen LogP contribution < -0.4 is 0 Å². The maximum Gasteiger partial charge on any atom is 0.169 e. The van der Waals surface area contributed by atoms with Crippen LogP contribution in [0.1, 0.15) is 0 Å². The predicted molar refractivity (Wildman–Crippen MR) is 23.4 cm³/mol. The summed E-state index contributed by atoms with van der Waals surface area (Å²) in [5.41, 5.74) is 0. The van der Waals surface area contributed by atoms with Crippen molar-refractivity contribution in [1.29, 1.82) is 0 Å². The Morgan fingerprint density at radius 1 is 2.00 bits per heavy atom. The molecular weight excluding hydrogens is 80.0 g/mol. The lowest BCUT2D eigenvalue weighted by Gasteiger charge is -1.76. The number of rotatable bonds is 2. The third kappa shape index (κ3) is 3.21. The molecule has 0 fully saturated rings. The van der Waals surface area contributed by atoms with E-state index in [0.717, 1.165) is 0 Å². The molecule has 0 unspecified atom stereocenters. The largest absolute Gasteiger partial charge is 0.516 e. The van der Waals surface area contributed by atoms with Crippen LogP contribution in [0.3, 0.4) is 0 Å². The summed E-state index contributed by atoms with van der Waals surface area (Å²) in [7, 11) is 0. The molecule has 2 heteroatoms. The summed E-state index contributed by atoms with van der Waals surface area (Å²) in [6.45, 7) is 5.14. The third-order valence-electron chi connectivity index (χ3n) is 0.266. The molecule has 0 radical (unpaired) electrons. The van der Waals surface area contributed by atoms with Crippen LogP contribution in [-0.4, -0.2) is 18.2 Å². The van der Waals surface area contributed by atoms with Crippen molar-refractivity contribution in [3.05, 3.63) is 12.7 Å². The highest BCUT2D eigenvalue weighted by atomic mass is 16.5. The maximum absolute atomic E-state index is 7.68. The van der Waals surface area contributed by atoms with E-state index < -0.39 is 0 Å². The summed E-state index contributed by atoms with van der Waals surface area (Å²) in [5.74, 6) is 0. The third-order valence-corrected chi connectivity index (χ3v) is 0.266. The van der Waals surface area contributed by atoms with Gasteiger partial charge in [-0.15, -0.1) is 0 Å². The van der Waals surface area contributed by atoms with E-state index in [1.165, 1.54) is 12.5 Å². The molecule has 0 aromatic rings. The minimum Gasteiger partial charge on any atom is -0.516 e. The molecule has 0 heterocycles. The Balaban J connectivity index is 2.85. The van der Waals surface area contributed by atoms with Gasteiger partial charge in [0, 0.05) is 0 Å². The van der Waals surface area contributed by atoms with Crippen molar-refractivity contribution in [2.75, 3.05) is 6.61 Å². The van der Waals surface area contributed by atoms with Crippen LogP contribution in [-0.2, 0) is 4.42 Å². The zero-order valence-electron chi connectivity index (χ0n) is 3.35. The lowest BCUT2D eigenvalue weighted by atomic mass is 10.7. The lowest BCUT2D eigenvalue weighted by Crippen LogP contribution is -1.77. The van der Waals surface area contributed by atoms with Gasteiger partial charge in [-0.05, 0) is 6.08 Å². The van der Waals surface area contributed by atoms with E-state index in [4.69, 9.17) is 5.11 Å². The Labute approximate surface area is 36.4 Å². The molecule has 0 saturated heterocycles. The summed E-state index contributed by atoms with van der Waals surface area (Å²) in [6, 6.07) is 0. The van der Waals surface area contributed by atoms with Crippen molar-refractivity contribution in [2.24, 2.45) is 0 Å². The van der Waals surface area contributed by atoms with Gasteiger partial charge in [0.25, 0.3) is 0 Å². The van der Waals surface area contributed by atoms with Crippen LogP contribution in [0.5, 0.6) is 0 Å². The minimum absolute atomic E-state index is 0.316. The van der Waals surface area contributed by atoms with Gasteiger partial charge < -0.3 is 9.53 Å². The van der Waals surface area contributed by atoms with Crippen LogP contribution in [0, 0.1) is 0 Å². The van der Waals surface area contributed by atoms with Crippen LogP contribution in [0.15, 0.2) is 12.7 Å². The highest BCUT2D eigenvalue weighted by Crippen LogP contribution is 1.55. The zero-order chi connectivity index (χ0) is 4.83. The van der Waals surface area contributed by atoms with Crippen LogP contribution in [0.4, 0.5) is 0 Å². The van der Waals surface area contributed by atoms with Crippen LogP contribution >= 0.6 is 0 Å². The van der Waals surface area contributed by atoms with Crippen molar-refractivity contribution in [1.82, 2.24) is 0 Å². The zero-order valence-corrected chi connectivity index (χ0v) is 3.35. The average molecular weight is 86.1 g/mol. The normalized spacial score (nSPS) is 9.33. The van der Waals surface area contributed by atoms with E-state index in [2.05, 4.69) is 11.0 Å². The smallest absolute Gasteiger partial charge is 0.169 e. The van der Waals surface area contributed by atoms with Gasteiger partial charge in [0.2, 0.25) is 0 Å². The molecule has 0 saturated carbocycles. The van der Waals surface area contributed by atoms with Gasteiger partial charge in [-0.25, -0.2) is 0 Å². The van der Waals surface area contributed by atoms with E-state index in [9.17, 15) is 0 Å². The topological polar surface area (TPSA) is 31.5 Å². The Morgan fingerprint density at radius 2 is 2.67 bits per heavy atom. The Morgan fingerprint density at radius 3 is 2.83 bits per heavy atom. The lowest BCUT2D eigenvalue weighted by molar-refractivity contribution is 0.115. The molecule has 0 aliphatic carbocycles. The summed E-state index contributed by atoms with van der Waals surface area (Å²) >= 11 is 0. The molecule has 0 aliphatic rings. The van der Waals surface area contributed by atoms with E-state index in [-0.39, 0.29) is 0 Å². The Hall–Kier alpha value is -0.790. The molecule has 0 aromatic heterocycles. The molecule has 6 heavy (non-hydrogen) atoms. The molecule has 0 rings (SSSR count). The first-order valence-corrected chi connectivity index (χ1v) is 1.53. The first-order chi connectivity index (χ1) is 2.91. The van der Waals surface area contributed by atoms with E-state index >= 15 is 0 Å². The first kappa shape index (κ1) is 5.21. The van der Waals surface area contributed by atoms with E-state index in [1.807, 2.05) is 0 Å². The van der Waals surface area contributed by atoms with Gasteiger partial charge in [0.05, 0.1) is 0 Å². The summed E-state index contributed by atoms with van der Waals surface area (Å²) in [6.07, 6.45) is 1.52.